The van der Waals surface area contributed by atoms with Crippen molar-refractivity contribution >= 4 is 17.3 Å². The minimum atomic E-state index is -0.846. The van der Waals surface area contributed by atoms with Gasteiger partial charge in [-0.25, -0.2) is 4.79 Å². The van der Waals surface area contributed by atoms with Crippen LogP contribution in [0.15, 0.2) is 18.2 Å². The number of nitro benzene ring substituents is 2. The van der Waals surface area contributed by atoms with E-state index in [2.05, 4.69) is 4.90 Å². The number of nitrogens with zero attached hydrogens (tertiary/aromatic N) is 3. The third-order valence-electron chi connectivity index (χ3n) is 5.00. The highest BCUT2D eigenvalue weighted by molar-refractivity contribution is 5.94. The van der Waals surface area contributed by atoms with Gasteiger partial charge < -0.3 is 9.64 Å². The highest BCUT2D eigenvalue weighted by Gasteiger charge is 2.43. The van der Waals surface area contributed by atoms with Crippen LogP contribution in [0.5, 0.6) is 0 Å². The Morgan fingerprint density at radius 1 is 1.19 bits per heavy atom. The molecule has 1 aromatic carbocycles. The Hall–Kier alpha value is -2.55. The first-order chi connectivity index (χ1) is 12.0. The van der Waals surface area contributed by atoms with Gasteiger partial charge in [-0.15, -0.1) is 0 Å². The Balaban J connectivity index is 2.29. The Kier molecular flexibility index (Phi) is 5.60. The molecule has 2 rings (SSSR count). The molecule has 9 nitrogen and oxygen atoms in total. The number of rotatable bonds is 6. The molecule has 9 heteroatoms. The smallest absolute Gasteiger partial charge is 0.345 e. The predicted molar refractivity (Wildman–Crippen MR) is 94.1 cm³/mol. The lowest BCUT2D eigenvalue weighted by molar-refractivity contribution is -0.394. The van der Waals surface area contributed by atoms with E-state index in [9.17, 15) is 25.0 Å². The molecule has 0 spiro atoms. The quantitative estimate of drug-likeness (QED) is 0.432. The van der Waals surface area contributed by atoms with Crippen molar-refractivity contribution < 1.29 is 19.4 Å². The summed E-state index contributed by atoms with van der Waals surface area (Å²) in [5.41, 5.74) is -2.18. The van der Waals surface area contributed by atoms with E-state index >= 15 is 0 Å². The van der Waals surface area contributed by atoms with Crippen LogP contribution in [0.3, 0.4) is 0 Å². The second-order valence-corrected chi connectivity index (χ2v) is 7.28. The molecule has 1 aromatic rings. The van der Waals surface area contributed by atoms with Gasteiger partial charge in [0.05, 0.1) is 15.9 Å². The number of esters is 1. The van der Waals surface area contributed by atoms with Gasteiger partial charge in [0, 0.05) is 18.0 Å². The monoisotopic (exact) mass is 365 g/mol. The number of hydrogen-bond donors (Lipinski definition) is 0. The lowest BCUT2D eigenvalue weighted by atomic mass is 9.85. The van der Waals surface area contributed by atoms with Crippen LogP contribution in [-0.2, 0) is 4.74 Å². The van der Waals surface area contributed by atoms with E-state index in [-0.39, 0.29) is 17.5 Å². The number of nitro groups is 2. The molecule has 0 radical (unpaired) electrons. The van der Waals surface area contributed by atoms with E-state index in [1.165, 1.54) is 0 Å². The van der Waals surface area contributed by atoms with Gasteiger partial charge in [-0.3, -0.25) is 20.2 Å². The SMILES string of the molecule is CN(C)[C@@H]1CCC[C@H]1C(C)(C)OC(=O)c1ccc([N+](=O)[O-])cc1[N+](=O)[O-]. The summed E-state index contributed by atoms with van der Waals surface area (Å²) in [6.07, 6.45) is 2.91. The Morgan fingerprint density at radius 3 is 2.38 bits per heavy atom. The zero-order valence-corrected chi connectivity index (χ0v) is 15.3. The summed E-state index contributed by atoms with van der Waals surface area (Å²) in [7, 11) is 3.95. The summed E-state index contributed by atoms with van der Waals surface area (Å²) in [6.45, 7) is 3.60. The molecular formula is C17H23N3O6. The van der Waals surface area contributed by atoms with Crippen LogP contribution in [0, 0.1) is 26.1 Å². The van der Waals surface area contributed by atoms with Gasteiger partial charge in [-0.1, -0.05) is 6.42 Å². The molecular weight excluding hydrogens is 342 g/mol. The van der Waals surface area contributed by atoms with Crippen molar-refractivity contribution in [1.29, 1.82) is 0 Å². The molecule has 0 saturated heterocycles. The molecule has 0 aliphatic heterocycles. The van der Waals surface area contributed by atoms with E-state index in [1.54, 1.807) is 13.8 Å². The van der Waals surface area contributed by atoms with Crippen molar-refractivity contribution in [3.05, 3.63) is 44.0 Å². The predicted octanol–water partition coefficient (Wildman–Crippen LogP) is 3.17. The van der Waals surface area contributed by atoms with Gasteiger partial charge in [-0.05, 0) is 46.9 Å². The Bertz CT molecular complexity index is 731. The maximum absolute atomic E-state index is 12.6. The van der Waals surface area contributed by atoms with Gasteiger partial charge in [-0.2, -0.15) is 0 Å². The molecule has 0 N–H and O–H groups in total. The number of carbonyl (C=O) groups is 1. The van der Waals surface area contributed by atoms with Crippen LogP contribution in [-0.4, -0.2) is 46.5 Å². The first-order valence-electron chi connectivity index (χ1n) is 8.37. The molecule has 0 amide bonds. The van der Waals surface area contributed by atoms with E-state index in [4.69, 9.17) is 4.74 Å². The number of ether oxygens (including phenoxy) is 1. The standard InChI is InChI=1S/C17H23N3O6/c1-17(2,13-6-5-7-14(13)18(3)4)26-16(21)12-9-8-11(19(22)23)10-15(12)20(24)25/h8-10,13-14H,5-7H2,1-4H3/t13-,14-/m1/s1. The van der Waals surface area contributed by atoms with Crippen molar-refractivity contribution in [2.75, 3.05) is 14.1 Å². The van der Waals surface area contributed by atoms with Crippen LogP contribution in [0.1, 0.15) is 43.5 Å². The largest absolute Gasteiger partial charge is 0.456 e. The molecule has 0 bridgehead atoms. The van der Waals surface area contributed by atoms with E-state index in [0.717, 1.165) is 37.5 Å². The molecule has 2 atom stereocenters. The molecule has 1 saturated carbocycles. The molecule has 26 heavy (non-hydrogen) atoms. The second-order valence-electron chi connectivity index (χ2n) is 7.28. The lowest BCUT2D eigenvalue weighted by Gasteiger charge is -2.37. The van der Waals surface area contributed by atoms with Crippen molar-refractivity contribution in [2.45, 2.75) is 44.8 Å². The summed E-state index contributed by atoms with van der Waals surface area (Å²) in [5, 5.41) is 22.1. The summed E-state index contributed by atoms with van der Waals surface area (Å²) < 4.78 is 5.64. The number of carbonyl (C=O) groups excluding carboxylic acids is 1. The van der Waals surface area contributed by atoms with Gasteiger partial charge in [0.2, 0.25) is 0 Å². The van der Waals surface area contributed by atoms with E-state index in [0.29, 0.717) is 0 Å². The fraction of sp³-hybridized carbons (Fsp3) is 0.588. The van der Waals surface area contributed by atoms with Gasteiger partial charge >= 0.3 is 5.97 Å². The van der Waals surface area contributed by atoms with Crippen molar-refractivity contribution in [3.63, 3.8) is 0 Å². The summed E-state index contributed by atoms with van der Waals surface area (Å²) >= 11 is 0. The minimum Gasteiger partial charge on any atom is -0.456 e. The normalized spacial score (nSPS) is 20.2. The molecule has 0 aromatic heterocycles. The fourth-order valence-electron chi connectivity index (χ4n) is 3.70. The first kappa shape index (κ1) is 19.8. The number of hydrogen-bond acceptors (Lipinski definition) is 7. The summed E-state index contributed by atoms with van der Waals surface area (Å²) in [5.74, 6) is -0.750. The average Bonchev–Trinajstić information content (AvgIpc) is 3.04. The number of non-ortho nitro benzene ring substituents is 1. The molecule has 1 aliphatic carbocycles. The van der Waals surface area contributed by atoms with E-state index in [1.807, 2.05) is 14.1 Å². The van der Waals surface area contributed by atoms with Crippen LogP contribution >= 0.6 is 0 Å². The molecule has 1 aliphatic rings. The van der Waals surface area contributed by atoms with Gasteiger partial charge in [0.1, 0.15) is 11.2 Å². The first-order valence-corrected chi connectivity index (χ1v) is 8.37. The second kappa shape index (κ2) is 7.36. The Labute approximate surface area is 151 Å². The van der Waals surface area contributed by atoms with Crippen molar-refractivity contribution in [1.82, 2.24) is 4.90 Å². The highest BCUT2D eigenvalue weighted by atomic mass is 16.6. The van der Waals surface area contributed by atoms with Crippen LogP contribution in [0.25, 0.3) is 0 Å². The number of benzene rings is 1. The zero-order valence-electron chi connectivity index (χ0n) is 15.3. The maximum atomic E-state index is 12.6. The van der Waals surface area contributed by atoms with Crippen molar-refractivity contribution in [3.8, 4) is 0 Å². The van der Waals surface area contributed by atoms with E-state index < -0.39 is 32.8 Å². The van der Waals surface area contributed by atoms with Crippen molar-refractivity contribution in [2.24, 2.45) is 5.92 Å². The van der Waals surface area contributed by atoms with Crippen LogP contribution in [0.2, 0.25) is 0 Å². The molecule has 142 valence electrons. The molecule has 1 fully saturated rings. The fourth-order valence-corrected chi connectivity index (χ4v) is 3.70. The van der Waals surface area contributed by atoms with Gasteiger partial charge in [0.15, 0.2) is 0 Å². The topological polar surface area (TPSA) is 116 Å². The third-order valence-corrected chi connectivity index (χ3v) is 5.00. The lowest BCUT2D eigenvalue weighted by Crippen LogP contribution is -2.45. The zero-order chi connectivity index (χ0) is 19.6. The van der Waals surface area contributed by atoms with Crippen LogP contribution < -0.4 is 0 Å². The van der Waals surface area contributed by atoms with Gasteiger partial charge in [0.25, 0.3) is 11.4 Å². The molecule has 0 unspecified atom stereocenters. The van der Waals surface area contributed by atoms with Crippen LogP contribution in [0.4, 0.5) is 11.4 Å². The maximum Gasteiger partial charge on any atom is 0.345 e. The summed E-state index contributed by atoms with van der Waals surface area (Å²) in [4.78, 5) is 35.2. The average molecular weight is 365 g/mol. The molecule has 0 heterocycles. The Morgan fingerprint density at radius 2 is 1.85 bits per heavy atom. The summed E-state index contributed by atoms with van der Waals surface area (Å²) in [6, 6.07) is 3.17. The minimum absolute atomic E-state index is 0.0959. The third kappa shape index (κ3) is 3.98. The highest BCUT2D eigenvalue weighted by Crippen LogP contribution is 2.39.